The van der Waals surface area contributed by atoms with Crippen LogP contribution in [-0.2, 0) is 6.42 Å². The van der Waals surface area contributed by atoms with Gasteiger partial charge in [0.25, 0.3) is 11.8 Å². The van der Waals surface area contributed by atoms with E-state index in [1.165, 1.54) is 14.2 Å². The van der Waals surface area contributed by atoms with E-state index in [1.54, 1.807) is 30.3 Å². The van der Waals surface area contributed by atoms with Crippen molar-refractivity contribution < 1.29 is 18.8 Å². The van der Waals surface area contributed by atoms with Crippen LogP contribution < -0.4 is 14.8 Å². The molecule has 0 bridgehead atoms. The Labute approximate surface area is 150 Å². The van der Waals surface area contributed by atoms with Crippen LogP contribution in [-0.4, -0.2) is 30.3 Å². The van der Waals surface area contributed by atoms with E-state index >= 15 is 0 Å². The average molecular weight is 353 g/mol. The number of aryl methyl sites for hydroxylation is 1. The summed E-state index contributed by atoms with van der Waals surface area (Å²) in [5.41, 5.74) is 1.78. The molecular weight excluding hydrogens is 334 g/mol. The Morgan fingerprint density at radius 3 is 2.46 bits per heavy atom. The Balaban J connectivity index is 1.82. The van der Waals surface area contributed by atoms with Crippen LogP contribution in [0.5, 0.6) is 11.5 Å². The maximum atomic E-state index is 12.6. The molecule has 3 aromatic rings. The number of hydrogen-bond acceptors (Lipinski definition) is 6. The van der Waals surface area contributed by atoms with Crippen LogP contribution in [0.3, 0.4) is 0 Å². The van der Waals surface area contributed by atoms with Gasteiger partial charge in [0.05, 0.1) is 14.2 Å². The Hall–Kier alpha value is -3.35. The highest BCUT2D eigenvalue weighted by molar-refractivity contribution is 6.05. The molecule has 0 aliphatic heterocycles. The van der Waals surface area contributed by atoms with E-state index in [0.29, 0.717) is 40.9 Å². The van der Waals surface area contributed by atoms with E-state index in [2.05, 4.69) is 15.5 Å². The van der Waals surface area contributed by atoms with E-state index in [-0.39, 0.29) is 5.91 Å². The number of nitrogens with one attached hydrogen (secondary N) is 1. The fourth-order valence-corrected chi connectivity index (χ4v) is 2.39. The predicted octanol–water partition coefficient (Wildman–Crippen LogP) is 3.57. The summed E-state index contributed by atoms with van der Waals surface area (Å²) in [4.78, 5) is 16.9. The van der Waals surface area contributed by atoms with Crippen LogP contribution in [0.4, 0.5) is 5.69 Å². The highest BCUT2D eigenvalue weighted by Gasteiger charge is 2.12. The van der Waals surface area contributed by atoms with Crippen LogP contribution in [0.1, 0.15) is 23.1 Å². The van der Waals surface area contributed by atoms with Crippen molar-refractivity contribution in [3.8, 4) is 23.0 Å². The van der Waals surface area contributed by atoms with Gasteiger partial charge in [0.15, 0.2) is 5.82 Å². The molecule has 0 fully saturated rings. The van der Waals surface area contributed by atoms with E-state index < -0.39 is 0 Å². The zero-order valence-electron chi connectivity index (χ0n) is 14.8. The molecule has 0 aliphatic carbocycles. The van der Waals surface area contributed by atoms with Crippen LogP contribution >= 0.6 is 0 Å². The van der Waals surface area contributed by atoms with Gasteiger partial charge in [0.1, 0.15) is 11.5 Å². The number of nitrogens with zero attached hydrogens (tertiary/aromatic N) is 2. The fourth-order valence-electron chi connectivity index (χ4n) is 2.39. The number of aromatic nitrogens is 2. The van der Waals surface area contributed by atoms with Crippen LogP contribution in [0, 0.1) is 0 Å². The maximum absolute atomic E-state index is 12.6. The summed E-state index contributed by atoms with van der Waals surface area (Å²) in [5.74, 6) is 1.86. The minimum absolute atomic E-state index is 0.279. The molecule has 7 heteroatoms. The molecule has 0 atom stereocenters. The largest absolute Gasteiger partial charge is 0.497 e. The molecular formula is C19H19N3O4. The third-order valence-corrected chi connectivity index (χ3v) is 3.77. The predicted molar refractivity (Wildman–Crippen MR) is 96.6 cm³/mol. The molecule has 3 rings (SSSR count). The van der Waals surface area contributed by atoms with Gasteiger partial charge in [-0.3, -0.25) is 4.79 Å². The fraction of sp³-hybridized carbons (Fsp3) is 0.211. The number of carbonyl (C=O) groups is 1. The standard InChI is InChI=1S/C19H19N3O4/c1-4-17-21-19(26-22-17)12-6-5-7-14(8-12)20-18(23)13-9-15(24-2)11-16(10-13)25-3/h5-11H,4H2,1-3H3,(H,20,23). The molecule has 1 heterocycles. The van der Waals surface area contributed by atoms with Crippen molar-refractivity contribution in [3.63, 3.8) is 0 Å². The summed E-state index contributed by atoms with van der Waals surface area (Å²) < 4.78 is 15.6. The van der Waals surface area contributed by atoms with Gasteiger partial charge >= 0.3 is 0 Å². The maximum Gasteiger partial charge on any atom is 0.257 e. The number of rotatable bonds is 6. The van der Waals surface area contributed by atoms with Crippen molar-refractivity contribution in [1.29, 1.82) is 0 Å². The summed E-state index contributed by atoms with van der Waals surface area (Å²) in [6, 6.07) is 12.2. The third-order valence-electron chi connectivity index (χ3n) is 3.77. The number of carbonyl (C=O) groups excluding carboxylic acids is 1. The van der Waals surface area contributed by atoms with Gasteiger partial charge in [-0.05, 0) is 30.3 Å². The van der Waals surface area contributed by atoms with E-state index in [4.69, 9.17) is 14.0 Å². The monoisotopic (exact) mass is 353 g/mol. The van der Waals surface area contributed by atoms with Crippen LogP contribution in [0.25, 0.3) is 11.5 Å². The van der Waals surface area contributed by atoms with Crippen molar-refractivity contribution in [2.75, 3.05) is 19.5 Å². The molecule has 0 aliphatic rings. The zero-order chi connectivity index (χ0) is 18.5. The van der Waals surface area contributed by atoms with Gasteiger partial charge < -0.3 is 19.3 Å². The molecule has 0 radical (unpaired) electrons. The highest BCUT2D eigenvalue weighted by Crippen LogP contribution is 2.25. The zero-order valence-corrected chi connectivity index (χ0v) is 14.8. The normalized spacial score (nSPS) is 10.4. The Morgan fingerprint density at radius 1 is 1.12 bits per heavy atom. The average Bonchev–Trinajstić information content (AvgIpc) is 3.17. The minimum atomic E-state index is -0.279. The first kappa shape index (κ1) is 17.5. The second-order valence-corrected chi connectivity index (χ2v) is 5.51. The Morgan fingerprint density at radius 2 is 1.85 bits per heavy atom. The second-order valence-electron chi connectivity index (χ2n) is 5.51. The molecule has 1 amide bonds. The smallest absolute Gasteiger partial charge is 0.257 e. The number of benzene rings is 2. The SMILES string of the molecule is CCc1noc(-c2cccc(NC(=O)c3cc(OC)cc(OC)c3)c2)n1. The lowest BCUT2D eigenvalue weighted by molar-refractivity contribution is 0.102. The first-order valence-electron chi connectivity index (χ1n) is 8.10. The molecule has 0 unspecified atom stereocenters. The van der Waals surface area contributed by atoms with Gasteiger partial charge in [-0.25, -0.2) is 0 Å². The van der Waals surface area contributed by atoms with Crippen molar-refractivity contribution in [1.82, 2.24) is 10.1 Å². The summed E-state index contributed by atoms with van der Waals surface area (Å²) in [6.45, 7) is 1.95. The van der Waals surface area contributed by atoms with Crippen molar-refractivity contribution >= 4 is 11.6 Å². The van der Waals surface area contributed by atoms with Crippen molar-refractivity contribution in [3.05, 3.63) is 53.9 Å². The molecule has 7 nitrogen and oxygen atoms in total. The molecule has 134 valence electrons. The van der Waals surface area contributed by atoms with Gasteiger partial charge in [-0.1, -0.05) is 18.1 Å². The summed E-state index contributed by atoms with van der Waals surface area (Å²) in [7, 11) is 3.07. The first-order valence-corrected chi connectivity index (χ1v) is 8.10. The summed E-state index contributed by atoms with van der Waals surface area (Å²) >= 11 is 0. The quantitative estimate of drug-likeness (QED) is 0.729. The summed E-state index contributed by atoms with van der Waals surface area (Å²) in [6.07, 6.45) is 0.692. The molecule has 2 aromatic carbocycles. The molecule has 1 aromatic heterocycles. The van der Waals surface area contributed by atoms with Crippen molar-refractivity contribution in [2.45, 2.75) is 13.3 Å². The van der Waals surface area contributed by atoms with Gasteiger partial charge in [-0.15, -0.1) is 0 Å². The number of ether oxygens (including phenoxy) is 2. The van der Waals surface area contributed by atoms with E-state index in [9.17, 15) is 4.79 Å². The van der Waals surface area contributed by atoms with E-state index in [1.807, 2.05) is 19.1 Å². The molecule has 0 saturated heterocycles. The molecule has 0 spiro atoms. The number of amides is 1. The lowest BCUT2D eigenvalue weighted by Crippen LogP contribution is -2.12. The second kappa shape index (κ2) is 7.69. The summed E-state index contributed by atoms with van der Waals surface area (Å²) in [5, 5.41) is 6.74. The first-order chi connectivity index (χ1) is 12.6. The topological polar surface area (TPSA) is 86.5 Å². The Bertz CT molecular complexity index is 898. The minimum Gasteiger partial charge on any atom is -0.497 e. The number of anilines is 1. The number of methoxy groups -OCH3 is 2. The molecule has 1 N–H and O–H groups in total. The third kappa shape index (κ3) is 3.83. The molecule has 26 heavy (non-hydrogen) atoms. The Kier molecular flexibility index (Phi) is 5.17. The van der Waals surface area contributed by atoms with E-state index in [0.717, 1.165) is 5.56 Å². The molecule has 0 saturated carbocycles. The van der Waals surface area contributed by atoms with Crippen LogP contribution in [0.2, 0.25) is 0 Å². The van der Waals surface area contributed by atoms with Crippen molar-refractivity contribution in [2.24, 2.45) is 0 Å². The van der Waals surface area contributed by atoms with Gasteiger partial charge in [0.2, 0.25) is 0 Å². The van der Waals surface area contributed by atoms with Gasteiger partial charge in [0, 0.05) is 29.3 Å². The highest BCUT2D eigenvalue weighted by atomic mass is 16.5. The lowest BCUT2D eigenvalue weighted by Gasteiger charge is -2.09. The number of hydrogen-bond donors (Lipinski definition) is 1. The van der Waals surface area contributed by atoms with Crippen LogP contribution in [0.15, 0.2) is 47.0 Å². The van der Waals surface area contributed by atoms with Gasteiger partial charge in [-0.2, -0.15) is 4.98 Å². The lowest BCUT2D eigenvalue weighted by atomic mass is 10.1.